The van der Waals surface area contributed by atoms with Crippen LogP contribution in [0.2, 0.25) is 0 Å². The molecule has 1 radical (unpaired) electrons. The average Bonchev–Trinajstić information content (AvgIpc) is 2.36. The van der Waals surface area contributed by atoms with Crippen molar-refractivity contribution in [3.05, 3.63) is 35.4 Å². The molecule has 0 heterocycles. The van der Waals surface area contributed by atoms with Gasteiger partial charge in [-0.25, -0.2) is 5.11 Å². The lowest BCUT2D eigenvalue weighted by molar-refractivity contribution is -0.000179. The van der Waals surface area contributed by atoms with Crippen molar-refractivity contribution in [2.45, 2.75) is 36.2 Å². The Hall–Kier alpha value is 1.79. The van der Waals surface area contributed by atoms with Crippen molar-refractivity contribution >= 4 is 104 Å². The first kappa shape index (κ1) is 22.8. The van der Waals surface area contributed by atoms with Crippen molar-refractivity contribution in [2.24, 2.45) is 0 Å². The molecule has 0 aromatic heterocycles. The summed E-state index contributed by atoms with van der Waals surface area (Å²) in [6.07, 6.45) is 0. The van der Waals surface area contributed by atoms with Gasteiger partial charge in [0.25, 0.3) is 0 Å². The molecular weight excluding hydrogens is 491 g/mol. The van der Waals surface area contributed by atoms with E-state index >= 15 is 0 Å². The van der Waals surface area contributed by atoms with Gasteiger partial charge in [0.1, 0.15) is 5.60 Å². The highest BCUT2D eigenvalue weighted by Gasteiger charge is 2.68. The Morgan fingerprint density at radius 2 is 1.17 bits per heavy atom. The first-order chi connectivity index (χ1) is 9.96. The molecule has 0 amide bonds. The number of halogens is 9. The van der Waals surface area contributed by atoms with Gasteiger partial charge in [0.15, 0.2) is 8.67 Å². The van der Waals surface area contributed by atoms with Crippen molar-refractivity contribution in [1.29, 1.82) is 0 Å². The van der Waals surface area contributed by atoms with Gasteiger partial charge in [0, 0.05) is 0 Å². The highest BCUT2D eigenvalue weighted by atomic mass is 35.6. The fourth-order valence-corrected chi connectivity index (χ4v) is 3.86. The van der Waals surface area contributed by atoms with Crippen LogP contribution in [-0.4, -0.2) is 12.5 Å². The molecule has 0 aliphatic rings. The van der Waals surface area contributed by atoms with Crippen LogP contribution in [0.3, 0.4) is 0 Å². The third-order valence-corrected chi connectivity index (χ3v) is 8.54. The zero-order chi connectivity index (χ0) is 18.5. The lowest BCUT2D eigenvalue weighted by atomic mass is 9.94. The number of benzene rings is 1. The smallest absolute Gasteiger partial charge is 0.225 e. The highest BCUT2D eigenvalue weighted by molar-refractivity contribution is 6.80. The van der Waals surface area contributed by atoms with Gasteiger partial charge in [0.2, 0.25) is 8.13 Å². The zero-order valence-corrected chi connectivity index (χ0v) is 18.4. The number of alkyl halides is 9. The summed E-state index contributed by atoms with van der Waals surface area (Å²) in [5.74, 6) is 0. The van der Waals surface area contributed by atoms with Crippen LogP contribution in [-0.2, 0) is 15.0 Å². The van der Waals surface area contributed by atoms with E-state index in [0.29, 0.717) is 5.56 Å². The SMILES string of the molecule is CC(C)([O])c1cccc(C(Cl)(Cl)C(Cl)(Cl)C(Cl)(Cl)C(Cl)(Cl)Cl)c1. The second kappa shape index (κ2) is 7.08. The van der Waals surface area contributed by atoms with Crippen molar-refractivity contribution in [3.63, 3.8) is 0 Å². The molecular formula is C13H10Cl9O. The van der Waals surface area contributed by atoms with Crippen LogP contribution >= 0.6 is 104 Å². The third kappa shape index (κ3) is 4.38. The number of rotatable bonds is 4. The summed E-state index contributed by atoms with van der Waals surface area (Å²) in [5, 5.41) is 12.1. The molecule has 0 atom stereocenters. The first-order valence-electron chi connectivity index (χ1n) is 5.98. The van der Waals surface area contributed by atoms with Crippen LogP contribution < -0.4 is 0 Å². The molecule has 0 N–H and O–H groups in total. The van der Waals surface area contributed by atoms with E-state index in [9.17, 15) is 5.11 Å². The standard InChI is InChI=1S/C13H10Cl9O/c1-9(2,23)7-4-3-5-8(6-7)10(14,15)11(16,17)12(18,19)13(20,21)22/h3-6H,1-2H3. The lowest BCUT2D eigenvalue weighted by Gasteiger charge is -2.44. The summed E-state index contributed by atoms with van der Waals surface area (Å²) in [6.45, 7) is 2.94. The van der Waals surface area contributed by atoms with E-state index in [-0.39, 0.29) is 5.56 Å². The van der Waals surface area contributed by atoms with E-state index in [1.54, 1.807) is 12.1 Å². The van der Waals surface area contributed by atoms with Crippen molar-refractivity contribution in [2.75, 3.05) is 0 Å². The lowest BCUT2D eigenvalue weighted by Crippen LogP contribution is -2.54. The Morgan fingerprint density at radius 1 is 0.739 bits per heavy atom. The summed E-state index contributed by atoms with van der Waals surface area (Å²) in [5.41, 5.74) is -0.837. The van der Waals surface area contributed by atoms with Gasteiger partial charge in [-0.1, -0.05) is 123 Å². The fourth-order valence-electron chi connectivity index (χ4n) is 1.65. The molecule has 131 valence electrons. The second-order valence-electron chi connectivity index (χ2n) is 5.31. The molecule has 0 bridgehead atoms. The van der Waals surface area contributed by atoms with E-state index in [1.807, 2.05) is 0 Å². The molecule has 1 nitrogen and oxygen atoms in total. The quantitative estimate of drug-likeness (QED) is 0.377. The minimum absolute atomic E-state index is 0.173. The fraction of sp³-hybridized carbons (Fsp3) is 0.538. The summed E-state index contributed by atoms with van der Waals surface area (Å²) in [4.78, 5) is 0. The molecule has 0 saturated carbocycles. The topological polar surface area (TPSA) is 19.9 Å². The number of hydrogen-bond acceptors (Lipinski definition) is 0. The van der Waals surface area contributed by atoms with Gasteiger partial charge < -0.3 is 0 Å². The van der Waals surface area contributed by atoms with Crippen molar-refractivity contribution in [3.8, 4) is 0 Å². The normalized spacial score (nSPS) is 15.0. The van der Waals surface area contributed by atoms with Crippen LogP contribution in [0.5, 0.6) is 0 Å². The van der Waals surface area contributed by atoms with Crippen LogP contribution in [0.4, 0.5) is 0 Å². The molecule has 10 heteroatoms. The van der Waals surface area contributed by atoms with Crippen LogP contribution in [0.25, 0.3) is 0 Å². The maximum Gasteiger partial charge on any atom is 0.226 e. The first-order valence-corrected chi connectivity index (χ1v) is 9.38. The van der Waals surface area contributed by atoms with Crippen LogP contribution in [0.15, 0.2) is 24.3 Å². The summed E-state index contributed by atoms with van der Waals surface area (Å²) in [6, 6.07) is 6.10. The minimum Gasteiger partial charge on any atom is -0.225 e. The number of hydrogen-bond donors (Lipinski definition) is 0. The Kier molecular flexibility index (Phi) is 7.02. The van der Waals surface area contributed by atoms with Gasteiger partial charge in [-0.3, -0.25) is 0 Å². The average molecular weight is 501 g/mol. The molecule has 0 fully saturated rings. The molecule has 1 aromatic carbocycles. The maximum absolute atomic E-state index is 12.1. The van der Waals surface area contributed by atoms with Gasteiger partial charge in [-0.05, 0) is 31.0 Å². The van der Waals surface area contributed by atoms with Gasteiger partial charge in [-0.15, -0.1) is 0 Å². The molecule has 0 aliphatic heterocycles. The Bertz CT molecular complexity index is 570. The Labute approximate surface area is 180 Å². The highest BCUT2D eigenvalue weighted by Crippen LogP contribution is 2.65. The Balaban J connectivity index is 3.47. The molecule has 1 rings (SSSR count). The van der Waals surface area contributed by atoms with E-state index in [2.05, 4.69) is 0 Å². The molecule has 1 aromatic rings. The zero-order valence-electron chi connectivity index (χ0n) is 11.6. The summed E-state index contributed by atoms with van der Waals surface area (Å²) in [7, 11) is 0. The second-order valence-corrected chi connectivity index (χ2v) is 11.6. The largest absolute Gasteiger partial charge is 0.226 e. The molecule has 0 saturated heterocycles. The molecule has 0 spiro atoms. The minimum atomic E-state index is -2.37. The van der Waals surface area contributed by atoms with E-state index in [0.717, 1.165) is 0 Å². The monoisotopic (exact) mass is 497 g/mol. The van der Waals surface area contributed by atoms with Crippen molar-refractivity contribution < 1.29 is 5.11 Å². The van der Waals surface area contributed by atoms with Crippen molar-refractivity contribution in [1.82, 2.24) is 0 Å². The van der Waals surface area contributed by atoms with E-state index in [1.165, 1.54) is 26.0 Å². The van der Waals surface area contributed by atoms with Gasteiger partial charge in [0.05, 0.1) is 0 Å². The maximum atomic E-state index is 12.1. The summed E-state index contributed by atoms with van der Waals surface area (Å²) < 4.78 is -9.11. The summed E-state index contributed by atoms with van der Waals surface area (Å²) >= 11 is 54.4. The molecule has 0 unspecified atom stereocenters. The third-order valence-electron chi connectivity index (χ3n) is 3.07. The Morgan fingerprint density at radius 3 is 1.57 bits per heavy atom. The van der Waals surface area contributed by atoms with Crippen LogP contribution in [0.1, 0.15) is 25.0 Å². The molecule has 0 aliphatic carbocycles. The van der Waals surface area contributed by atoms with E-state index in [4.69, 9.17) is 104 Å². The van der Waals surface area contributed by atoms with Crippen LogP contribution in [0, 0.1) is 0 Å². The predicted molar refractivity (Wildman–Crippen MR) is 103 cm³/mol. The molecule has 23 heavy (non-hydrogen) atoms. The van der Waals surface area contributed by atoms with Gasteiger partial charge in [-0.2, -0.15) is 0 Å². The van der Waals surface area contributed by atoms with Gasteiger partial charge >= 0.3 is 0 Å². The predicted octanol–water partition coefficient (Wildman–Crippen LogP) is 7.70. The van der Waals surface area contributed by atoms with E-state index < -0.39 is 22.4 Å².